The van der Waals surface area contributed by atoms with Crippen molar-refractivity contribution in [2.45, 2.75) is 66.7 Å². The average Bonchev–Trinajstić information content (AvgIpc) is 3.67. The van der Waals surface area contributed by atoms with Gasteiger partial charge in [-0.3, -0.25) is 4.79 Å². The molecule has 0 spiro atoms. The van der Waals surface area contributed by atoms with Crippen LogP contribution in [0.4, 0.5) is 14.5 Å². The lowest BCUT2D eigenvalue weighted by Gasteiger charge is -2.14. The third-order valence-corrected chi connectivity index (χ3v) is 6.71. The Bertz CT molecular complexity index is 1310. The lowest BCUT2D eigenvalue weighted by Crippen LogP contribution is -2.19. The predicted molar refractivity (Wildman–Crippen MR) is 159 cm³/mol. The van der Waals surface area contributed by atoms with Crippen LogP contribution in [0.1, 0.15) is 71.1 Å². The van der Waals surface area contributed by atoms with E-state index in [1.165, 1.54) is 24.8 Å². The van der Waals surface area contributed by atoms with Crippen molar-refractivity contribution in [1.82, 2.24) is 0 Å². The van der Waals surface area contributed by atoms with Crippen molar-refractivity contribution in [3.05, 3.63) is 88.5 Å². The molecule has 0 unspecified atom stereocenters. The Morgan fingerprint density at radius 1 is 0.923 bits per heavy atom. The van der Waals surface area contributed by atoms with Gasteiger partial charge in [-0.15, -0.1) is 0 Å². The molecule has 3 N–H and O–H groups in total. The van der Waals surface area contributed by atoms with Crippen LogP contribution in [0.3, 0.4) is 0 Å². The fraction of sp³-hybridized carbons (Fsp3) is 0.364. The summed E-state index contributed by atoms with van der Waals surface area (Å²) in [5.74, 6) is -0.504. The van der Waals surface area contributed by atoms with E-state index in [0.29, 0.717) is 29.1 Å². The molecule has 1 aliphatic carbocycles. The number of rotatable bonds is 4. The van der Waals surface area contributed by atoms with Gasteiger partial charge in [0, 0.05) is 28.7 Å². The maximum Gasteiger partial charge on any atom is 0.256 e. The molecule has 6 heteroatoms. The normalized spacial score (nSPS) is 13.8. The van der Waals surface area contributed by atoms with E-state index in [2.05, 4.69) is 5.32 Å². The molecule has 39 heavy (non-hydrogen) atoms. The Labute approximate surface area is 232 Å². The van der Waals surface area contributed by atoms with Gasteiger partial charge >= 0.3 is 0 Å². The van der Waals surface area contributed by atoms with Crippen molar-refractivity contribution in [1.29, 1.82) is 0 Å². The number of hydrogen-bond acceptors (Lipinski definition) is 3. The number of nitrogens with two attached hydrogens (primary N) is 1. The highest BCUT2D eigenvalue weighted by atomic mass is 19.1. The summed E-state index contributed by atoms with van der Waals surface area (Å²) >= 11 is 0. The number of aryl methyl sites for hydroxylation is 1. The first-order valence-corrected chi connectivity index (χ1v) is 13.6. The fourth-order valence-corrected chi connectivity index (χ4v) is 4.44. The molecule has 0 aromatic heterocycles. The first-order chi connectivity index (χ1) is 18.7. The third-order valence-electron chi connectivity index (χ3n) is 6.71. The lowest BCUT2D eigenvalue weighted by molar-refractivity contribution is -0.110. The molecule has 0 bridgehead atoms. The van der Waals surface area contributed by atoms with E-state index in [9.17, 15) is 13.6 Å². The summed E-state index contributed by atoms with van der Waals surface area (Å²) in [6.45, 7) is 14.3. The Morgan fingerprint density at radius 3 is 2.03 bits per heavy atom. The number of fused-ring (bicyclic) bond motifs is 1. The van der Waals surface area contributed by atoms with E-state index in [-0.39, 0.29) is 23.0 Å². The van der Waals surface area contributed by atoms with Crippen molar-refractivity contribution in [3.8, 4) is 16.9 Å². The summed E-state index contributed by atoms with van der Waals surface area (Å²) in [5, 5.41) is 2.74. The first kappa shape index (κ1) is 31.7. The van der Waals surface area contributed by atoms with Crippen LogP contribution in [-0.2, 0) is 10.2 Å². The van der Waals surface area contributed by atoms with Gasteiger partial charge in [-0.05, 0) is 74.6 Å². The molecule has 1 heterocycles. The molecule has 1 aliphatic heterocycles. The van der Waals surface area contributed by atoms with Gasteiger partial charge in [-0.25, -0.2) is 8.78 Å². The van der Waals surface area contributed by atoms with Gasteiger partial charge in [0.15, 0.2) is 11.6 Å². The van der Waals surface area contributed by atoms with Gasteiger partial charge in [0.2, 0.25) is 0 Å². The van der Waals surface area contributed by atoms with Crippen molar-refractivity contribution < 1.29 is 18.3 Å². The zero-order valence-corrected chi connectivity index (χ0v) is 24.5. The molecule has 0 radical (unpaired) electrons. The highest BCUT2D eigenvalue weighted by Gasteiger charge is 2.42. The van der Waals surface area contributed by atoms with E-state index in [1.807, 2.05) is 78.8 Å². The molecule has 3 aromatic carbocycles. The second-order valence-electron chi connectivity index (χ2n) is 9.41. The summed E-state index contributed by atoms with van der Waals surface area (Å²) < 4.78 is 32.1. The first-order valence-electron chi connectivity index (χ1n) is 13.6. The van der Waals surface area contributed by atoms with E-state index >= 15 is 0 Å². The van der Waals surface area contributed by atoms with Crippen molar-refractivity contribution in [2.75, 3.05) is 19.0 Å². The van der Waals surface area contributed by atoms with Crippen LogP contribution in [0.25, 0.3) is 16.7 Å². The topological polar surface area (TPSA) is 64.4 Å². The molecular weight excluding hydrogens is 494 g/mol. The number of carbonyl (C=O) groups is 1. The van der Waals surface area contributed by atoms with Gasteiger partial charge in [0.1, 0.15) is 5.82 Å². The zero-order chi connectivity index (χ0) is 29.3. The highest BCUT2D eigenvalue weighted by molar-refractivity contribution is 6.32. The Balaban J connectivity index is 0.000000320. The Hall–Kier alpha value is -3.51. The number of nitrogens with one attached hydrogen (secondary N) is 1. The van der Waals surface area contributed by atoms with E-state index in [1.54, 1.807) is 12.1 Å². The molecule has 210 valence electrons. The molecule has 2 aliphatic rings. The predicted octanol–water partition coefficient (Wildman–Crippen LogP) is 8.42. The maximum absolute atomic E-state index is 14.6. The Kier molecular flexibility index (Phi) is 11.4. The summed E-state index contributed by atoms with van der Waals surface area (Å²) in [6.07, 6.45) is 2.24. The average molecular weight is 537 g/mol. The molecule has 0 atom stereocenters. The zero-order valence-electron chi connectivity index (χ0n) is 24.5. The minimum atomic E-state index is -0.332. The van der Waals surface area contributed by atoms with Crippen molar-refractivity contribution in [2.24, 2.45) is 5.73 Å². The molecule has 3 aromatic rings. The number of benzene rings is 3. The number of amides is 1. The van der Waals surface area contributed by atoms with Crippen LogP contribution >= 0.6 is 0 Å². The number of allylic oxidation sites excluding steroid dienone is 1. The maximum atomic E-state index is 14.6. The highest BCUT2D eigenvalue weighted by Crippen LogP contribution is 2.47. The summed E-state index contributed by atoms with van der Waals surface area (Å²) in [6, 6.07) is 16.0. The molecule has 1 amide bonds. The minimum absolute atomic E-state index is 0.126. The van der Waals surface area contributed by atoms with E-state index < -0.39 is 0 Å². The van der Waals surface area contributed by atoms with Gasteiger partial charge in [0.05, 0.1) is 12.8 Å². The molecule has 0 saturated heterocycles. The van der Waals surface area contributed by atoms with Crippen molar-refractivity contribution >= 4 is 17.2 Å². The number of carbonyl (C=O) groups excluding carboxylic acids is 1. The van der Waals surface area contributed by atoms with Crippen molar-refractivity contribution in [3.63, 3.8) is 0 Å². The summed E-state index contributed by atoms with van der Waals surface area (Å²) in [7, 11) is 1.45. The summed E-state index contributed by atoms with van der Waals surface area (Å²) in [4.78, 5) is 12.1. The standard InChI is InChI=1S/C21H21FN2O.C8H9FO.2C2H6/c1-12(2)19-16-9-15(17(22)10-18(16)24-20(19)25)13-3-5-14(6-4-13)21(11-23)7-8-21;1-6-3-4-8(10-2)7(9)5-6;2*1-2/h3-6,9-10H,7-8,11,23H2,1-2H3,(H,24,25);3-5H,1-2H3;2*1-2H3. The van der Waals surface area contributed by atoms with Gasteiger partial charge in [-0.1, -0.05) is 63.6 Å². The monoisotopic (exact) mass is 536 g/mol. The number of hydrogen-bond donors (Lipinski definition) is 2. The molecule has 1 saturated carbocycles. The Morgan fingerprint density at radius 2 is 1.54 bits per heavy atom. The molecular formula is C33H42F2N2O2. The van der Waals surface area contributed by atoms with Crippen LogP contribution in [0.15, 0.2) is 60.2 Å². The van der Waals surface area contributed by atoms with Crippen LogP contribution < -0.4 is 15.8 Å². The van der Waals surface area contributed by atoms with Gasteiger partial charge in [0.25, 0.3) is 5.91 Å². The van der Waals surface area contributed by atoms with E-state index in [4.69, 9.17) is 10.5 Å². The molecule has 4 nitrogen and oxygen atoms in total. The quantitative estimate of drug-likeness (QED) is 0.329. The van der Waals surface area contributed by atoms with Gasteiger partial charge < -0.3 is 15.8 Å². The number of anilines is 1. The minimum Gasteiger partial charge on any atom is -0.494 e. The van der Waals surface area contributed by atoms with Crippen LogP contribution in [-0.4, -0.2) is 19.6 Å². The number of ether oxygens (including phenoxy) is 1. The second-order valence-corrected chi connectivity index (χ2v) is 9.41. The van der Waals surface area contributed by atoms with Crippen LogP contribution in [0.2, 0.25) is 0 Å². The number of halogens is 2. The second kappa shape index (κ2) is 14.0. The summed E-state index contributed by atoms with van der Waals surface area (Å²) in [5.41, 5.74) is 12.3. The smallest absolute Gasteiger partial charge is 0.256 e. The SMILES string of the molecule is CC.CC.CC(C)=C1C(=O)Nc2cc(F)c(-c3ccc(C4(CN)CC4)cc3)cc21.COc1ccc(C)cc1F. The van der Waals surface area contributed by atoms with E-state index in [0.717, 1.165) is 35.1 Å². The fourth-order valence-electron chi connectivity index (χ4n) is 4.44. The van der Waals surface area contributed by atoms with Crippen LogP contribution in [0, 0.1) is 18.6 Å². The largest absolute Gasteiger partial charge is 0.494 e. The third kappa shape index (κ3) is 7.12. The number of methoxy groups -OCH3 is 1. The van der Waals surface area contributed by atoms with Gasteiger partial charge in [-0.2, -0.15) is 0 Å². The lowest BCUT2D eigenvalue weighted by atomic mass is 9.92. The molecule has 1 fully saturated rings. The molecule has 5 rings (SSSR count). The van der Waals surface area contributed by atoms with Crippen LogP contribution in [0.5, 0.6) is 5.75 Å².